The molecule has 4 aliphatic carbocycles. The third-order valence-corrected chi connectivity index (χ3v) is 8.72. The van der Waals surface area contributed by atoms with Crippen molar-refractivity contribution in [2.45, 2.75) is 95.2 Å². The molecule has 0 radical (unpaired) electrons. The highest BCUT2D eigenvalue weighted by molar-refractivity contribution is 5.77. The summed E-state index contributed by atoms with van der Waals surface area (Å²) in [6.45, 7) is 5.25. The van der Waals surface area contributed by atoms with Crippen molar-refractivity contribution in [3.63, 3.8) is 0 Å². The molecule has 4 aliphatic rings. The van der Waals surface area contributed by atoms with Gasteiger partial charge in [0.1, 0.15) is 5.60 Å². The molecule has 8 nitrogen and oxygen atoms in total. The summed E-state index contributed by atoms with van der Waals surface area (Å²) in [7, 11) is 0. The van der Waals surface area contributed by atoms with Gasteiger partial charge >= 0.3 is 6.09 Å². The third-order valence-electron chi connectivity index (χ3n) is 8.72. The number of carbonyl (C=O) groups is 2. The number of alkyl halides is 4. The molecule has 2 heterocycles. The van der Waals surface area contributed by atoms with E-state index in [9.17, 15) is 27.2 Å². The number of imidazole rings is 1. The first-order chi connectivity index (χ1) is 18.7. The summed E-state index contributed by atoms with van der Waals surface area (Å²) in [5.74, 6) is -7.18. The minimum atomic E-state index is -2.66. The number of alkyl carbamates (subject to hydrolysis) is 1. The highest BCUT2D eigenvalue weighted by Crippen LogP contribution is 2.67. The number of nitrogens with zero attached hydrogens (tertiary/aromatic N) is 3. The van der Waals surface area contributed by atoms with E-state index in [-0.39, 0.29) is 61.8 Å². The first kappa shape index (κ1) is 27.3. The minimum Gasteiger partial charge on any atom is -0.444 e. The highest BCUT2D eigenvalue weighted by atomic mass is 19.3. The van der Waals surface area contributed by atoms with Crippen LogP contribution in [0.3, 0.4) is 0 Å². The van der Waals surface area contributed by atoms with Gasteiger partial charge in [-0.1, -0.05) is 0 Å². The zero-order valence-corrected chi connectivity index (χ0v) is 22.8. The fourth-order valence-electron chi connectivity index (χ4n) is 6.55. The van der Waals surface area contributed by atoms with Crippen molar-refractivity contribution in [2.75, 3.05) is 0 Å². The SMILES string of the molecule is CC(C)(C)OC(=O)NC(c1cn2ncc([C@H](NC(=O)CC3CC(F)(F)C3)C3CC3)cc2n1)C1C[C@@H]2[C@H](C1)C2(F)F. The molecule has 2 amide bonds. The zero-order valence-electron chi connectivity index (χ0n) is 22.8. The number of amides is 2. The third kappa shape index (κ3) is 5.50. The van der Waals surface area contributed by atoms with Gasteiger partial charge in [-0.2, -0.15) is 5.10 Å². The summed E-state index contributed by atoms with van der Waals surface area (Å²) in [6, 6.07) is 0.899. The molecule has 40 heavy (non-hydrogen) atoms. The molecule has 5 atom stereocenters. The number of hydrogen-bond acceptors (Lipinski definition) is 5. The second kappa shape index (κ2) is 9.30. The first-order valence-corrected chi connectivity index (χ1v) is 14.1. The number of nitrogens with one attached hydrogen (secondary N) is 2. The lowest BCUT2D eigenvalue weighted by Crippen LogP contribution is -2.39. The minimum absolute atomic E-state index is 0.0719. The predicted molar refractivity (Wildman–Crippen MR) is 136 cm³/mol. The van der Waals surface area contributed by atoms with Crippen LogP contribution in [0.4, 0.5) is 22.4 Å². The number of hydrogen-bond donors (Lipinski definition) is 2. The molecular formula is C28H35F4N5O3. The largest absolute Gasteiger partial charge is 0.444 e. The normalized spacial score (nSPS) is 28.3. The predicted octanol–water partition coefficient (Wildman–Crippen LogP) is 5.59. The van der Waals surface area contributed by atoms with E-state index in [0.29, 0.717) is 11.3 Å². The molecule has 6 rings (SSSR count). The molecule has 4 saturated carbocycles. The van der Waals surface area contributed by atoms with Gasteiger partial charge in [0.25, 0.3) is 5.92 Å². The van der Waals surface area contributed by atoms with E-state index in [1.807, 2.05) is 6.07 Å². The molecule has 2 aromatic rings. The summed E-state index contributed by atoms with van der Waals surface area (Å²) < 4.78 is 61.3. The van der Waals surface area contributed by atoms with Crippen molar-refractivity contribution in [2.24, 2.45) is 29.6 Å². The van der Waals surface area contributed by atoms with Crippen molar-refractivity contribution in [3.05, 3.63) is 29.7 Å². The molecule has 0 spiro atoms. The molecule has 12 heteroatoms. The van der Waals surface area contributed by atoms with Crippen LogP contribution >= 0.6 is 0 Å². The van der Waals surface area contributed by atoms with Gasteiger partial charge in [0.15, 0.2) is 5.65 Å². The Labute approximate surface area is 229 Å². The maximum Gasteiger partial charge on any atom is 0.408 e. The van der Waals surface area contributed by atoms with E-state index in [4.69, 9.17) is 9.72 Å². The van der Waals surface area contributed by atoms with Crippen LogP contribution in [0, 0.1) is 29.6 Å². The Morgan fingerprint density at radius 1 is 1.07 bits per heavy atom. The van der Waals surface area contributed by atoms with Gasteiger partial charge in [-0.05, 0) is 75.8 Å². The van der Waals surface area contributed by atoms with Gasteiger partial charge in [-0.25, -0.2) is 31.9 Å². The molecule has 4 fully saturated rings. The zero-order chi connectivity index (χ0) is 28.6. The number of carbonyl (C=O) groups excluding carboxylic acids is 2. The Hall–Kier alpha value is -2.92. The standard InChI is InChI=1S/C28H35F4N5O3/c1-26(2,3)40-25(39)36-24(16-7-18-19(8-16)28(18,31)32)20-13-37-21(34-20)9-17(12-33-37)23(15-4-5-15)35-22(38)6-14-10-27(29,30)11-14/h9,12-16,18-19,23-24H,4-8,10-11H2,1-3H3,(H,35,38)(H,36,39)/t16?,18-,19+,23-,24?/m1/s1. The average Bonchev–Trinajstić information content (AvgIpc) is 3.58. The number of aromatic nitrogens is 3. The van der Waals surface area contributed by atoms with Gasteiger partial charge in [0.2, 0.25) is 11.8 Å². The monoisotopic (exact) mass is 565 g/mol. The van der Waals surface area contributed by atoms with Crippen LogP contribution < -0.4 is 10.6 Å². The van der Waals surface area contributed by atoms with Crippen LogP contribution in [0.1, 0.15) is 89.1 Å². The van der Waals surface area contributed by atoms with Crippen LogP contribution in [0.15, 0.2) is 18.5 Å². The van der Waals surface area contributed by atoms with Gasteiger partial charge in [-0.3, -0.25) is 4.79 Å². The van der Waals surface area contributed by atoms with Crippen molar-refractivity contribution >= 4 is 17.6 Å². The topological polar surface area (TPSA) is 97.6 Å². The quantitative estimate of drug-likeness (QED) is 0.407. The van der Waals surface area contributed by atoms with E-state index < -0.39 is 41.4 Å². The first-order valence-electron chi connectivity index (χ1n) is 14.1. The maximum absolute atomic E-state index is 13.9. The van der Waals surface area contributed by atoms with Gasteiger partial charge in [0, 0.05) is 31.1 Å². The molecule has 218 valence electrons. The van der Waals surface area contributed by atoms with Crippen LogP contribution in [-0.2, 0) is 9.53 Å². The number of halogens is 4. The van der Waals surface area contributed by atoms with E-state index in [1.165, 1.54) is 0 Å². The molecule has 2 aromatic heterocycles. The Bertz CT molecular complexity index is 1300. The number of ether oxygens (including phenoxy) is 1. The molecule has 2 N–H and O–H groups in total. The fourth-order valence-corrected chi connectivity index (χ4v) is 6.55. The van der Waals surface area contributed by atoms with E-state index >= 15 is 0 Å². The van der Waals surface area contributed by atoms with Crippen LogP contribution in [0.2, 0.25) is 0 Å². The van der Waals surface area contributed by atoms with Crippen molar-refractivity contribution in [1.82, 2.24) is 25.2 Å². The Morgan fingerprint density at radius 3 is 2.35 bits per heavy atom. The lowest BCUT2D eigenvalue weighted by molar-refractivity contribution is -0.134. The van der Waals surface area contributed by atoms with Crippen LogP contribution in [-0.4, -0.2) is 44.0 Å². The lowest BCUT2D eigenvalue weighted by Gasteiger charge is -2.34. The lowest BCUT2D eigenvalue weighted by atomic mass is 9.79. The van der Waals surface area contributed by atoms with E-state index in [1.54, 1.807) is 37.7 Å². The average molecular weight is 566 g/mol. The van der Waals surface area contributed by atoms with Crippen molar-refractivity contribution in [1.29, 1.82) is 0 Å². The Morgan fingerprint density at radius 2 is 1.75 bits per heavy atom. The van der Waals surface area contributed by atoms with Crippen molar-refractivity contribution < 1.29 is 31.9 Å². The summed E-state index contributed by atoms with van der Waals surface area (Å²) in [6.07, 6.45) is 4.71. The molecular weight excluding hydrogens is 530 g/mol. The Balaban J connectivity index is 1.20. The van der Waals surface area contributed by atoms with E-state index in [0.717, 1.165) is 18.4 Å². The molecule has 0 saturated heterocycles. The van der Waals surface area contributed by atoms with Crippen LogP contribution in [0.25, 0.3) is 5.65 Å². The van der Waals surface area contributed by atoms with Gasteiger partial charge < -0.3 is 15.4 Å². The highest BCUT2D eigenvalue weighted by Gasteiger charge is 2.72. The smallest absolute Gasteiger partial charge is 0.408 e. The van der Waals surface area contributed by atoms with E-state index in [2.05, 4.69) is 15.7 Å². The second-order valence-electron chi connectivity index (χ2n) is 13.2. The molecule has 2 unspecified atom stereocenters. The molecule has 0 aliphatic heterocycles. The van der Waals surface area contributed by atoms with Gasteiger partial charge in [0.05, 0.1) is 30.2 Å². The van der Waals surface area contributed by atoms with Gasteiger partial charge in [-0.15, -0.1) is 0 Å². The maximum atomic E-state index is 13.9. The van der Waals surface area contributed by atoms with Crippen molar-refractivity contribution in [3.8, 4) is 0 Å². The molecule has 0 bridgehead atoms. The number of fused-ring (bicyclic) bond motifs is 2. The summed E-state index contributed by atoms with van der Waals surface area (Å²) >= 11 is 0. The fraction of sp³-hybridized carbons (Fsp3) is 0.714. The second-order valence-corrected chi connectivity index (χ2v) is 13.2. The Kier molecular flexibility index (Phi) is 6.34. The summed E-state index contributed by atoms with van der Waals surface area (Å²) in [5, 5.41) is 10.4. The van der Waals surface area contributed by atoms with Crippen LogP contribution in [0.5, 0.6) is 0 Å². The summed E-state index contributed by atoms with van der Waals surface area (Å²) in [4.78, 5) is 30.1. The molecule has 0 aromatic carbocycles. The number of rotatable bonds is 8. The summed E-state index contributed by atoms with van der Waals surface area (Å²) in [5.41, 5.74) is 1.03.